The topological polar surface area (TPSA) is 91.6 Å². The van der Waals surface area contributed by atoms with Gasteiger partial charge in [0.05, 0.1) is 6.54 Å². The fraction of sp³-hybridized carbons (Fsp3) is 0.448. The second kappa shape index (κ2) is 10.5. The maximum Gasteiger partial charge on any atom is 0.241 e. The van der Waals surface area contributed by atoms with Crippen LogP contribution < -0.4 is 10.2 Å². The Morgan fingerprint density at radius 3 is 2.51 bits per heavy atom. The first-order valence-electron chi connectivity index (χ1n) is 13.1. The average Bonchev–Trinajstić information content (AvgIpc) is 3.53. The van der Waals surface area contributed by atoms with Crippen LogP contribution in [0.5, 0.6) is 0 Å². The lowest BCUT2D eigenvalue weighted by Gasteiger charge is -2.30. The molecule has 1 N–H and O–H groups in total. The number of rotatable bonds is 6. The zero-order valence-corrected chi connectivity index (χ0v) is 21.9. The number of carbonyl (C=O) groups is 2. The van der Waals surface area contributed by atoms with E-state index in [1.54, 1.807) is 4.90 Å². The molecule has 37 heavy (non-hydrogen) atoms. The Morgan fingerprint density at radius 1 is 1.08 bits per heavy atom. The number of hydrogen-bond donors (Lipinski definition) is 1. The van der Waals surface area contributed by atoms with Crippen molar-refractivity contribution in [1.29, 1.82) is 0 Å². The van der Waals surface area contributed by atoms with Gasteiger partial charge in [0.15, 0.2) is 0 Å². The van der Waals surface area contributed by atoms with Crippen molar-refractivity contribution < 1.29 is 14.1 Å². The van der Waals surface area contributed by atoms with E-state index in [1.165, 1.54) is 5.56 Å². The molecule has 0 unspecified atom stereocenters. The van der Waals surface area contributed by atoms with Gasteiger partial charge in [0, 0.05) is 35.8 Å². The first-order chi connectivity index (χ1) is 17.8. The van der Waals surface area contributed by atoms with E-state index in [4.69, 9.17) is 4.52 Å². The summed E-state index contributed by atoms with van der Waals surface area (Å²) in [5.74, 6) is 1.31. The Balaban J connectivity index is 1.12. The van der Waals surface area contributed by atoms with Crippen molar-refractivity contribution in [3.63, 3.8) is 0 Å². The van der Waals surface area contributed by atoms with Gasteiger partial charge in [-0.1, -0.05) is 56.3 Å². The van der Waals surface area contributed by atoms with Gasteiger partial charge in [-0.3, -0.25) is 14.5 Å². The summed E-state index contributed by atoms with van der Waals surface area (Å²) in [6.07, 6.45) is 3.00. The number of benzene rings is 2. The quantitative estimate of drug-likeness (QED) is 0.510. The molecule has 3 aromatic rings. The fourth-order valence-electron chi connectivity index (χ4n) is 5.02. The third-order valence-electron chi connectivity index (χ3n) is 7.29. The molecule has 0 spiro atoms. The molecular weight excluding hydrogens is 466 g/mol. The molecule has 0 aliphatic carbocycles. The van der Waals surface area contributed by atoms with Gasteiger partial charge >= 0.3 is 0 Å². The summed E-state index contributed by atoms with van der Waals surface area (Å²) in [6.45, 7) is 9.47. The highest BCUT2D eigenvalue weighted by molar-refractivity contribution is 5.97. The van der Waals surface area contributed by atoms with Crippen LogP contribution in [0.4, 0.5) is 11.4 Å². The van der Waals surface area contributed by atoms with Gasteiger partial charge in [-0.05, 0) is 61.5 Å². The lowest BCUT2D eigenvalue weighted by atomic mass is 9.87. The van der Waals surface area contributed by atoms with Crippen molar-refractivity contribution >= 4 is 23.2 Å². The van der Waals surface area contributed by atoms with E-state index in [1.807, 2.05) is 36.4 Å². The van der Waals surface area contributed by atoms with Crippen molar-refractivity contribution in [2.24, 2.45) is 5.92 Å². The van der Waals surface area contributed by atoms with Crippen LogP contribution in [-0.2, 0) is 21.5 Å². The third-order valence-corrected chi connectivity index (χ3v) is 7.29. The minimum Gasteiger partial charge on any atom is -0.338 e. The maximum atomic E-state index is 12.9. The van der Waals surface area contributed by atoms with E-state index >= 15 is 0 Å². The van der Waals surface area contributed by atoms with Crippen molar-refractivity contribution in [1.82, 2.24) is 15.0 Å². The Hall–Kier alpha value is -3.52. The molecule has 0 saturated carbocycles. The molecule has 194 valence electrons. The number of nitrogens with zero attached hydrogens (tertiary/aromatic N) is 4. The maximum absolute atomic E-state index is 12.9. The van der Waals surface area contributed by atoms with E-state index in [0.29, 0.717) is 24.7 Å². The van der Waals surface area contributed by atoms with Gasteiger partial charge in [-0.25, -0.2) is 0 Å². The Labute approximate surface area is 218 Å². The van der Waals surface area contributed by atoms with Gasteiger partial charge < -0.3 is 14.7 Å². The van der Waals surface area contributed by atoms with E-state index in [2.05, 4.69) is 53.3 Å². The predicted molar refractivity (Wildman–Crippen MR) is 143 cm³/mol. The van der Waals surface area contributed by atoms with Crippen molar-refractivity contribution in [3.05, 3.63) is 60.0 Å². The summed E-state index contributed by atoms with van der Waals surface area (Å²) in [5, 5.41) is 7.23. The molecule has 1 aromatic heterocycles. The molecule has 3 heterocycles. The highest BCUT2D eigenvalue weighted by Crippen LogP contribution is 2.27. The summed E-state index contributed by atoms with van der Waals surface area (Å²) in [7, 11) is 0. The number of aromatic nitrogens is 2. The predicted octanol–water partition coefficient (Wildman–Crippen LogP) is 5.01. The van der Waals surface area contributed by atoms with Gasteiger partial charge in [0.2, 0.25) is 23.5 Å². The Morgan fingerprint density at radius 2 is 1.84 bits per heavy atom. The molecule has 2 amide bonds. The summed E-state index contributed by atoms with van der Waals surface area (Å²) in [5.41, 5.74) is 3.89. The third kappa shape index (κ3) is 5.91. The molecule has 2 aliphatic rings. The number of anilines is 2. The highest BCUT2D eigenvalue weighted by atomic mass is 16.5. The van der Waals surface area contributed by atoms with Crippen molar-refractivity contribution in [3.8, 4) is 11.4 Å². The minimum absolute atomic E-state index is 0.0309. The van der Waals surface area contributed by atoms with Crippen LogP contribution in [-0.4, -0.2) is 46.5 Å². The zero-order chi connectivity index (χ0) is 26.0. The van der Waals surface area contributed by atoms with Crippen LogP contribution >= 0.6 is 0 Å². The summed E-state index contributed by atoms with van der Waals surface area (Å²) in [4.78, 5) is 33.6. The first kappa shape index (κ1) is 25.1. The standard InChI is InChI=1S/C29H35N5O3/c1-29(2,3)22-11-9-20(10-12-22)27-31-25(37-32-27)19-33-16-13-21(14-17-33)28(36)30-23-6-4-7-24(18-23)34-15-5-8-26(34)35/h4,6-7,9-12,18,21H,5,8,13-17,19H2,1-3H3,(H,30,36). The molecule has 8 heteroatoms. The first-order valence-corrected chi connectivity index (χ1v) is 13.1. The fourth-order valence-corrected chi connectivity index (χ4v) is 5.02. The molecule has 5 rings (SSSR count). The Bertz CT molecular complexity index is 1250. The number of likely N-dealkylation sites (tertiary alicyclic amines) is 1. The number of piperidine rings is 1. The van der Waals surface area contributed by atoms with Crippen LogP contribution in [0.25, 0.3) is 11.4 Å². The van der Waals surface area contributed by atoms with Crippen LogP contribution in [0.3, 0.4) is 0 Å². The van der Waals surface area contributed by atoms with Crippen LogP contribution in [0.2, 0.25) is 0 Å². The SMILES string of the molecule is CC(C)(C)c1ccc(-c2noc(CN3CCC(C(=O)Nc4cccc(N5CCCC5=O)c4)CC3)n2)cc1. The molecule has 2 aliphatic heterocycles. The second-order valence-electron chi connectivity index (χ2n) is 11.1. The number of amides is 2. The Kier molecular flexibility index (Phi) is 7.11. The molecule has 0 bridgehead atoms. The van der Waals surface area contributed by atoms with Crippen LogP contribution in [0.15, 0.2) is 53.1 Å². The van der Waals surface area contributed by atoms with E-state index in [0.717, 1.165) is 55.8 Å². The molecule has 2 fully saturated rings. The number of carbonyl (C=O) groups excluding carboxylic acids is 2. The second-order valence-corrected chi connectivity index (χ2v) is 11.1. The van der Waals surface area contributed by atoms with Gasteiger partial charge in [-0.2, -0.15) is 4.98 Å². The molecule has 2 aromatic carbocycles. The largest absolute Gasteiger partial charge is 0.338 e. The summed E-state index contributed by atoms with van der Waals surface area (Å²) in [6, 6.07) is 15.9. The average molecular weight is 502 g/mol. The zero-order valence-electron chi connectivity index (χ0n) is 21.9. The lowest BCUT2D eigenvalue weighted by molar-refractivity contribution is -0.121. The monoisotopic (exact) mass is 501 g/mol. The smallest absolute Gasteiger partial charge is 0.241 e. The van der Waals surface area contributed by atoms with Gasteiger partial charge in [0.1, 0.15) is 0 Å². The van der Waals surface area contributed by atoms with Gasteiger partial charge in [-0.15, -0.1) is 0 Å². The lowest BCUT2D eigenvalue weighted by Crippen LogP contribution is -2.37. The number of hydrogen-bond acceptors (Lipinski definition) is 6. The van der Waals surface area contributed by atoms with Gasteiger partial charge in [0.25, 0.3) is 0 Å². The minimum atomic E-state index is -0.0482. The normalized spacial score (nSPS) is 17.4. The molecule has 2 saturated heterocycles. The van der Waals surface area contributed by atoms with Crippen molar-refractivity contribution in [2.45, 2.75) is 58.4 Å². The van der Waals surface area contributed by atoms with Crippen molar-refractivity contribution in [2.75, 3.05) is 29.9 Å². The van der Waals surface area contributed by atoms with Crippen LogP contribution in [0, 0.1) is 5.92 Å². The van der Waals surface area contributed by atoms with E-state index in [-0.39, 0.29) is 23.1 Å². The summed E-state index contributed by atoms with van der Waals surface area (Å²) < 4.78 is 5.52. The summed E-state index contributed by atoms with van der Waals surface area (Å²) >= 11 is 0. The van der Waals surface area contributed by atoms with E-state index < -0.39 is 0 Å². The molecular formula is C29H35N5O3. The molecule has 8 nitrogen and oxygen atoms in total. The number of nitrogens with one attached hydrogen (secondary N) is 1. The van der Waals surface area contributed by atoms with E-state index in [9.17, 15) is 9.59 Å². The molecule has 0 radical (unpaired) electrons. The molecule has 0 atom stereocenters. The highest BCUT2D eigenvalue weighted by Gasteiger charge is 2.27. The van der Waals surface area contributed by atoms with Crippen LogP contribution in [0.1, 0.15) is 57.9 Å².